The van der Waals surface area contributed by atoms with Gasteiger partial charge in [-0.25, -0.2) is 0 Å². The van der Waals surface area contributed by atoms with Gasteiger partial charge in [-0.3, -0.25) is 9.59 Å². The largest absolute Gasteiger partial charge is 0.495 e. The van der Waals surface area contributed by atoms with Crippen molar-refractivity contribution < 1.29 is 14.3 Å². The van der Waals surface area contributed by atoms with Crippen molar-refractivity contribution in [2.75, 3.05) is 62.0 Å². The predicted octanol–water partition coefficient (Wildman–Crippen LogP) is 2.44. The number of para-hydroxylation sites is 2. The predicted molar refractivity (Wildman–Crippen MR) is 118 cm³/mol. The fraction of sp³-hybridized carbons (Fsp3) is 0.391. The number of ether oxygens (including phenoxy) is 1. The van der Waals surface area contributed by atoms with Gasteiger partial charge < -0.3 is 24.8 Å². The number of nitrogens with zero attached hydrogens (tertiary/aromatic N) is 3. The van der Waals surface area contributed by atoms with Crippen molar-refractivity contribution in [3.05, 3.63) is 48.5 Å². The van der Waals surface area contributed by atoms with E-state index in [1.807, 2.05) is 48.5 Å². The molecule has 30 heavy (non-hydrogen) atoms. The smallest absolute Gasteiger partial charge is 0.229 e. The molecule has 0 bridgehead atoms. The third kappa shape index (κ3) is 4.26. The van der Waals surface area contributed by atoms with Crippen LogP contribution in [0.3, 0.4) is 0 Å². The van der Waals surface area contributed by atoms with E-state index in [0.717, 1.165) is 31.9 Å². The van der Waals surface area contributed by atoms with Crippen LogP contribution in [0.15, 0.2) is 48.5 Å². The molecule has 2 aromatic rings. The number of benzene rings is 2. The number of nitrogens with one attached hydrogen (secondary N) is 1. The van der Waals surface area contributed by atoms with E-state index in [2.05, 4.69) is 22.2 Å². The molecule has 0 aromatic heterocycles. The molecule has 2 amide bonds. The average Bonchev–Trinajstić information content (AvgIpc) is 3.16. The molecule has 2 aliphatic rings. The Morgan fingerprint density at radius 3 is 2.43 bits per heavy atom. The van der Waals surface area contributed by atoms with E-state index in [-0.39, 0.29) is 24.2 Å². The highest BCUT2D eigenvalue weighted by Crippen LogP contribution is 2.33. The molecule has 0 saturated carbocycles. The Balaban J connectivity index is 1.38. The van der Waals surface area contributed by atoms with E-state index in [9.17, 15) is 9.59 Å². The molecule has 158 valence electrons. The van der Waals surface area contributed by atoms with E-state index in [1.165, 1.54) is 5.69 Å². The van der Waals surface area contributed by atoms with Crippen LogP contribution in [0, 0.1) is 5.92 Å². The summed E-state index contributed by atoms with van der Waals surface area (Å²) in [5.41, 5.74) is 2.62. The first-order valence-corrected chi connectivity index (χ1v) is 10.3. The van der Waals surface area contributed by atoms with Gasteiger partial charge in [-0.05, 0) is 43.4 Å². The molecular formula is C23H28N4O3. The van der Waals surface area contributed by atoms with Crippen molar-refractivity contribution in [3.8, 4) is 5.75 Å². The second-order valence-corrected chi connectivity index (χ2v) is 7.90. The fourth-order valence-electron chi connectivity index (χ4n) is 4.03. The molecule has 7 nitrogen and oxygen atoms in total. The molecule has 1 atom stereocenters. The first-order valence-electron chi connectivity index (χ1n) is 10.3. The second kappa shape index (κ2) is 8.75. The Bertz CT molecular complexity index is 907. The normalized spacial score (nSPS) is 19.8. The van der Waals surface area contributed by atoms with Crippen LogP contribution in [-0.2, 0) is 9.59 Å². The summed E-state index contributed by atoms with van der Waals surface area (Å²) < 4.78 is 5.36. The van der Waals surface area contributed by atoms with Crippen LogP contribution < -0.4 is 19.9 Å². The summed E-state index contributed by atoms with van der Waals surface area (Å²) in [6.07, 6.45) is 0.198. The van der Waals surface area contributed by atoms with Crippen LogP contribution in [0.25, 0.3) is 0 Å². The van der Waals surface area contributed by atoms with Crippen LogP contribution in [-0.4, -0.2) is 63.6 Å². The van der Waals surface area contributed by atoms with Gasteiger partial charge in [0.2, 0.25) is 11.8 Å². The molecule has 1 N–H and O–H groups in total. The lowest BCUT2D eigenvalue weighted by Gasteiger charge is -2.34. The van der Waals surface area contributed by atoms with Gasteiger partial charge in [0, 0.05) is 50.5 Å². The van der Waals surface area contributed by atoms with Crippen molar-refractivity contribution >= 4 is 28.9 Å². The van der Waals surface area contributed by atoms with Gasteiger partial charge in [-0.1, -0.05) is 12.1 Å². The zero-order valence-corrected chi connectivity index (χ0v) is 17.5. The summed E-state index contributed by atoms with van der Waals surface area (Å²) in [5, 5.41) is 2.97. The molecule has 4 rings (SSSR count). The van der Waals surface area contributed by atoms with Gasteiger partial charge in [-0.15, -0.1) is 0 Å². The summed E-state index contributed by atoms with van der Waals surface area (Å²) in [4.78, 5) is 31.6. The lowest BCUT2D eigenvalue weighted by atomic mass is 10.1. The molecule has 7 heteroatoms. The van der Waals surface area contributed by atoms with Crippen LogP contribution in [0.4, 0.5) is 17.1 Å². The molecule has 2 aromatic carbocycles. The van der Waals surface area contributed by atoms with E-state index in [1.54, 1.807) is 12.0 Å². The van der Waals surface area contributed by atoms with Crippen molar-refractivity contribution in [3.63, 3.8) is 0 Å². The molecule has 0 spiro atoms. The number of amides is 2. The SMILES string of the molecule is COc1ccccc1N1C[C@@H](C(=O)Nc2ccc(N3CCN(C)CC3)cc2)CC1=O. The highest BCUT2D eigenvalue weighted by Gasteiger charge is 2.36. The Labute approximate surface area is 177 Å². The minimum atomic E-state index is -0.389. The number of likely N-dealkylation sites (N-methyl/N-ethyl adjacent to an activating group) is 1. The Kier molecular flexibility index (Phi) is 5.90. The maximum atomic E-state index is 12.8. The van der Waals surface area contributed by atoms with Gasteiger partial charge >= 0.3 is 0 Å². The van der Waals surface area contributed by atoms with E-state index in [4.69, 9.17) is 4.74 Å². The van der Waals surface area contributed by atoms with Crippen molar-refractivity contribution in [1.29, 1.82) is 0 Å². The minimum absolute atomic E-state index is 0.0648. The number of carbonyl (C=O) groups is 2. The first kappa shape index (κ1) is 20.2. The summed E-state index contributed by atoms with van der Waals surface area (Å²) in [5.74, 6) is 0.0456. The highest BCUT2D eigenvalue weighted by molar-refractivity contribution is 6.04. The molecule has 2 fully saturated rings. The van der Waals surface area contributed by atoms with Crippen LogP contribution in [0.1, 0.15) is 6.42 Å². The molecule has 0 aliphatic carbocycles. The zero-order valence-electron chi connectivity index (χ0n) is 17.5. The highest BCUT2D eigenvalue weighted by atomic mass is 16.5. The summed E-state index contributed by atoms with van der Waals surface area (Å²) >= 11 is 0. The second-order valence-electron chi connectivity index (χ2n) is 7.90. The van der Waals surface area contributed by atoms with Gasteiger partial charge in [0.15, 0.2) is 0 Å². The Morgan fingerprint density at radius 2 is 1.73 bits per heavy atom. The zero-order chi connectivity index (χ0) is 21.1. The van der Waals surface area contributed by atoms with Crippen LogP contribution >= 0.6 is 0 Å². The fourth-order valence-corrected chi connectivity index (χ4v) is 4.03. The van der Waals surface area contributed by atoms with Crippen molar-refractivity contribution in [2.45, 2.75) is 6.42 Å². The molecule has 2 aliphatic heterocycles. The number of piperazine rings is 1. The number of methoxy groups -OCH3 is 1. The quantitative estimate of drug-likeness (QED) is 0.823. The average molecular weight is 409 g/mol. The topological polar surface area (TPSA) is 65.1 Å². The lowest BCUT2D eigenvalue weighted by molar-refractivity contribution is -0.122. The monoisotopic (exact) mass is 408 g/mol. The molecular weight excluding hydrogens is 380 g/mol. The molecule has 0 unspecified atom stereocenters. The number of hydrogen-bond acceptors (Lipinski definition) is 5. The molecule has 2 heterocycles. The molecule has 2 saturated heterocycles. The third-order valence-electron chi connectivity index (χ3n) is 5.88. The number of carbonyl (C=O) groups excluding carboxylic acids is 2. The van der Waals surface area contributed by atoms with Crippen molar-refractivity contribution in [1.82, 2.24) is 4.90 Å². The van der Waals surface area contributed by atoms with Crippen LogP contribution in [0.5, 0.6) is 5.75 Å². The maximum absolute atomic E-state index is 12.8. The van der Waals surface area contributed by atoms with E-state index in [0.29, 0.717) is 18.0 Å². The van der Waals surface area contributed by atoms with E-state index >= 15 is 0 Å². The summed E-state index contributed by atoms with van der Waals surface area (Å²) in [7, 11) is 3.72. The van der Waals surface area contributed by atoms with Crippen LogP contribution in [0.2, 0.25) is 0 Å². The minimum Gasteiger partial charge on any atom is -0.495 e. The Hall–Kier alpha value is -3.06. The van der Waals surface area contributed by atoms with Gasteiger partial charge in [0.1, 0.15) is 5.75 Å². The van der Waals surface area contributed by atoms with Gasteiger partial charge in [0.05, 0.1) is 18.7 Å². The number of hydrogen-bond donors (Lipinski definition) is 1. The number of rotatable bonds is 5. The maximum Gasteiger partial charge on any atom is 0.229 e. The number of anilines is 3. The summed E-state index contributed by atoms with van der Waals surface area (Å²) in [6.45, 7) is 4.47. The standard InChI is InChI=1S/C23H28N4O3/c1-25-11-13-26(14-12-25)19-9-7-18(8-10-19)24-23(29)17-15-22(28)27(16-17)20-5-3-4-6-21(20)30-2/h3-10,17H,11-16H2,1-2H3,(H,24,29)/t17-/m0/s1. The summed E-state index contributed by atoms with van der Waals surface area (Å²) in [6, 6.07) is 15.3. The van der Waals surface area contributed by atoms with Crippen molar-refractivity contribution in [2.24, 2.45) is 5.92 Å². The lowest BCUT2D eigenvalue weighted by Crippen LogP contribution is -2.44. The third-order valence-corrected chi connectivity index (χ3v) is 5.88. The van der Waals surface area contributed by atoms with Gasteiger partial charge in [-0.2, -0.15) is 0 Å². The van der Waals surface area contributed by atoms with E-state index < -0.39 is 0 Å². The van der Waals surface area contributed by atoms with Gasteiger partial charge in [0.25, 0.3) is 0 Å². The Morgan fingerprint density at radius 1 is 1.03 bits per heavy atom. The molecule has 0 radical (unpaired) electrons. The first-order chi connectivity index (χ1) is 14.5.